The van der Waals surface area contributed by atoms with Crippen LogP contribution in [0.3, 0.4) is 0 Å². The number of nitrogens with zero attached hydrogens (tertiary/aromatic N) is 1. The molecule has 1 atom stereocenters. The summed E-state index contributed by atoms with van der Waals surface area (Å²) in [6.45, 7) is 5.92. The van der Waals surface area contributed by atoms with Gasteiger partial charge in [0.05, 0.1) is 10.7 Å². The predicted molar refractivity (Wildman–Crippen MR) is 102 cm³/mol. The average molecular weight is 344 g/mol. The summed E-state index contributed by atoms with van der Waals surface area (Å²) in [6, 6.07) is 10.4. The number of hydrogen-bond donors (Lipinski definition) is 2. The van der Waals surface area contributed by atoms with Crippen molar-refractivity contribution in [3.63, 3.8) is 0 Å². The Morgan fingerprint density at radius 3 is 3.00 bits per heavy atom. The topological polar surface area (TPSA) is 61.8 Å². The van der Waals surface area contributed by atoms with Crippen molar-refractivity contribution in [3.8, 4) is 6.07 Å². The maximum atomic E-state index is 9.52. The number of benzene rings is 1. The van der Waals surface area contributed by atoms with E-state index in [2.05, 4.69) is 37.0 Å². The van der Waals surface area contributed by atoms with Crippen molar-refractivity contribution in [2.75, 3.05) is 17.3 Å². The normalized spacial score (nSPS) is 16.0. The summed E-state index contributed by atoms with van der Waals surface area (Å²) in [7, 11) is 0. The van der Waals surface area contributed by atoms with E-state index in [9.17, 15) is 5.26 Å². The zero-order valence-electron chi connectivity index (χ0n) is 13.4. The number of rotatable bonds is 6. The molecule has 0 saturated heterocycles. The molecule has 0 fully saturated rings. The largest absolute Gasteiger partial charge is 0.398 e. The summed E-state index contributed by atoms with van der Waals surface area (Å²) in [6.07, 6.45) is 4.81. The standard InChI is InChI=1S/C18H21N3S2/c1-4-12(2)8-13-11-23-18(16(10-19)17(13)20)21-14-6-5-7-15(9-14)22-3/h4-7,9,12,21H,1,8,11,20H2,2-3H3. The molecule has 23 heavy (non-hydrogen) atoms. The van der Waals surface area contributed by atoms with Crippen molar-refractivity contribution < 1.29 is 0 Å². The fraction of sp³-hybridized carbons (Fsp3) is 0.278. The summed E-state index contributed by atoms with van der Waals surface area (Å²) >= 11 is 3.33. The first-order chi connectivity index (χ1) is 11.1. The summed E-state index contributed by atoms with van der Waals surface area (Å²) in [5, 5.41) is 13.7. The third kappa shape index (κ3) is 4.37. The molecule has 1 aromatic carbocycles. The Morgan fingerprint density at radius 1 is 1.57 bits per heavy atom. The lowest BCUT2D eigenvalue weighted by Gasteiger charge is -2.22. The summed E-state index contributed by atoms with van der Waals surface area (Å²) in [5.74, 6) is 1.16. The smallest absolute Gasteiger partial charge is 0.105 e. The molecule has 120 valence electrons. The highest BCUT2D eigenvalue weighted by Crippen LogP contribution is 2.35. The molecule has 0 amide bonds. The zero-order chi connectivity index (χ0) is 16.8. The van der Waals surface area contributed by atoms with Crippen LogP contribution in [0.2, 0.25) is 0 Å². The van der Waals surface area contributed by atoms with Crippen molar-refractivity contribution in [2.24, 2.45) is 11.7 Å². The Balaban J connectivity index is 2.28. The van der Waals surface area contributed by atoms with Gasteiger partial charge in [-0.2, -0.15) is 5.26 Å². The number of thioether (sulfide) groups is 2. The number of hydrogen-bond acceptors (Lipinski definition) is 5. The molecule has 1 aliphatic heterocycles. The van der Waals surface area contributed by atoms with Gasteiger partial charge in [-0.3, -0.25) is 0 Å². The highest BCUT2D eigenvalue weighted by atomic mass is 32.2. The number of nitriles is 1. The second-order valence-electron chi connectivity index (χ2n) is 5.40. The van der Waals surface area contributed by atoms with Crippen LogP contribution in [-0.4, -0.2) is 12.0 Å². The van der Waals surface area contributed by atoms with Crippen LogP contribution in [0.5, 0.6) is 0 Å². The van der Waals surface area contributed by atoms with E-state index in [0.717, 1.165) is 28.5 Å². The molecule has 1 heterocycles. The van der Waals surface area contributed by atoms with Crippen molar-refractivity contribution in [1.82, 2.24) is 0 Å². The van der Waals surface area contributed by atoms with Crippen LogP contribution >= 0.6 is 23.5 Å². The van der Waals surface area contributed by atoms with Gasteiger partial charge < -0.3 is 11.1 Å². The Labute approximate surface area is 146 Å². The number of nitrogens with two attached hydrogens (primary N) is 1. The quantitative estimate of drug-likeness (QED) is 0.578. The molecule has 0 aromatic heterocycles. The van der Waals surface area contributed by atoms with E-state index in [1.165, 1.54) is 4.90 Å². The molecule has 1 aliphatic rings. The molecule has 0 spiro atoms. The second-order valence-corrected chi connectivity index (χ2v) is 7.26. The van der Waals surface area contributed by atoms with E-state index < -0.39 is 0 Å². The molecular formula is C18H21N3S2. The maximum absolute atomic E-state index is 9.52. The van der Waals surface area contributed by atoms with E-state index in [1.807, 2.05) is 24.5 Å². The minimum atomic E-state index is 0.358. The van der Waals surface area contributed by atoms with Gasteiger partial charge in [0.15, 0.2) is 0 Å². The second kappa shape index (κ2) is 8.19. The average Bonchev–Trinajstić information content (AvgIpc) is 2.57. The highest BCUT2D eigenvalue weighted by Gasteiger charge is 2.21. The van der Waals surface area contributed by atoms with Crippen LogP contribution in [-0.2, 0) is 0 Å². The monoisotopic (exact) mass is 343 g/mol. The minimum absolute atomic E-state index is 0.358. The molecule has 0 bridgehead atoms. The lowest BCUT2D eigenvalue weighted by molar-refractivity contribution is 0.714. The van der Waals surface area contributed by atoms with Gasteiger partial charge in [-0.25, -0.2) is 0 Å². The van der Waals surface area contributed by atoms with E-state index in [4.69, 9.17) is 5.73 Å². The fourth-order valence-electron chi connectivity index (χ4n) is 2.29. The van der Waals surface area contributed by atoms with Crippen molar-refractivity contribution in [1.29, 1.82) is 5.26 Å². The van der Waals surface area contributed by atoms with Gasteiger partial charge in [0.2, 0.25) is 0 Å². The van der Waals surface area contributed by atoms with Crippen LogP contribution in [0.4, 0.5) is 5.69 Å². The SMILES string of the molecule is C=CC(C)CC1=C(N)C(C#N)=C(Nc2cccc(SC)c2)SC1. The number of allylic oxidation sites excluding steroid dienone is 2. The molecule has 3 nitrogen and oxygen atoms in total. The summed E-state index contributed by atoms with van der Waals surface area (Å²) in [4.78, 5) is 1.18. The van der Waals surface area contributed by atoms with Crippen LogP contribution in [0.1, 0.15) is 13.3 Å². The van der Waals surface area contributed by atoms with Crippen LogP contribution in [0.25, 0.3) is 0 Å². The Hall–Kier alpha value is -1.77. The van der Waals surface area contributed by atoms with Gasteiger partial charge in [-0.05, 0) is 42.4 Å². The molecule has 2 rings (SSSR count). The van der Waals surface area contributed by atoms with Crippen molar-refractivity contribution >= 4 is 29.2 Å². The molecule has 1 aromatic rings. The van der Waals surface area contributed by atoms with Gasteiger partial charge in [0.25, 0.3) is 0 Å². The molecule has 0 aliphatic carbocycles. The Morgan fingerprint density at radius 2 is 2.35 bits per heavy atom. The minimum Gasteiger partial charge on any atom is -0.398 e. The molecule has 3 N–H and O–H groups in total. The van der Waals surface area contributed by atoms with Gasteiger partial charge >= 0.3 is 0 Å². The van der Waals surface area contributed by atoms with Crippen LogP contribution in [0.15, 0.2) is 63.7 Å². The third-order valence-corrected chi connectivity index (χ3v) is 5.49. The van der Waals surface area contributed by atoms with E-state index >= 15 is 0 Å². The molecule has 1 unspecified atom stereocenters. The van der Waals surface area contributed by atoms with Gasteiger partial charge in [-0.1, -0.05) is 19.1 Å². The lowest BCUT2D eigenvalue weighted by Crippen LogP contribution is -2.17. The Bertz CT molecular complexity index is 698. The first kappa shape index (κ1) is 17.6. The number of anilines is 1. The van der Waals surface area contributed by atoms with E-state index in [-0.39, 0.29) is 0 Å². The van der Waals surface area contributed by atoms with Crippen molar-refractivity contribution in [2.45, 2.75) is 18.2 Å². The van der Waals surface area contributed by atoms with Crippen LogP contribution in [0, 0.1) is 17.2 Å². The molecule has 5 heteroatoms. The fourth-order valence-corrected chi connectivity index (χ4v) is 3.83. The molecular weight excluding hydrogens is 322 g/mol. The van der Waals surface area contributed by atoms with E-state index in [1.54, 1.807) is 23.5 Å². The molecule has 0 radical (unpaired) electrons. The van der Waals surface area contributed by atoms with Gasteiger partial charge in [-0.15, -0.1) is 30.1 Å². The van der Waals surface area contributed by atoms with Gasteiger partial charge in [0, 0.05) is 16.3 Å². The van der Waals surface area contributed by atoms with E-state index in [0.29, 0.717) is 17.2 Å². The lowest BCUT2D eigenvalue weighted by atomic mass is 9.98. The van der Waals surface area contributed by atoms with Crippen LogP contribution < -0.4 is 11.1 Å². The molecule has 0 saturated carbocycles. The predicted octanol–water partition coefficient (Wildman–Crippen LogP) is 4.73. The zero-order valence-corrected chi connectivity index (χ0v) is 15.1. The first-order valence-corrected chi connectivity index (χ1v) is 9.58. The maximum Gasteiger partial charge on any atom is 0.105 e. The summed E-state index contributed by atoms with van der Waals surface area (Å²) < 4.78 is 0. The number of nitrogens with one attached hydrogen (secondary N) is 1. The van der Waals surface area contributed by atoms with Gasteiger partial charge in [0.1, 0.15) is 11.6 Å². The third-order valence-electron chi connectivity index (χ3n) is 3.68. The first-order valence-electron chi connectivity index (χ1n) is 7.37. The highest BCUT2D eigenvalue weighted by molar-refractivity contribution is 8.03. The summed E-state index contributed by atoms with van der Waals surface area (Å²) in [5.41, 5.74) is 9.50. The Kier molecular flexibility index (Phi) is 6.26. The van der Waals surface area contributed by atoms with Crippen molar-refractivity contribution in [3.05, 3.63) is 58.8 Å².